The number of aliphatic hydroxyl groups excluding tert-OH is 1. The number of nitrogens with one attached hydrogen (secondary N) is 1. The van der Waals surface area contributed by atoms with Crippen LogP contribution in [0.4, 0.5) is 0 Å². The van der Waals surface area contributed by atoms with E-state index in [-0.39, 0.29) is 12.3 Å². The second-order valence-corrected chi connectivity index (χ2v) is 4.55. The van der Waals surface area contributed by atoms with Crippen molar-refractivity contribution in [3.8, 4) is 0 Å². The van der Waals surface area contributed by atoms with E-state index in [9.17, 15) is 14.7 Å². The molecule has 2 rings (SSSR count). The average Bonchev–Trinajstić information content (AvgIpc) is 2.48. The molecule has 21 heavy (non-hydrogen) atoms. The molecule has 0 aliphatic heterocycles. The molecule has 0 atom stereocenters. The third kappa shape index (κ3) is 3.48. The molecule has 2 N–H and O–H groups in total. The van der Waals surface area contributed by atoms with Crippen molar-refractivity contribution in [3.63, 3.8) is 0 Å². The molecule has 0 radical (unpaired) electrons. The van der Waals surface area contributed by atoms with E-state index < -0.39 is 17.9 Å². The summed E-state index contributed by atoms with van der Waals surface area (Å²) in [5.74, 6) is 0. The number of ether oxygens (including phenoxy) is 1. The number of aromatic nitrogens is 2. The van der Waals surface area contributed by atoms with E-state index in [4.69, 9.17) is 4.74 Å². The zero-order chi connectivity index (χ0) is 15.2. The predicted octanol–water partition coefficient (Wildman–Crippen LogP) is 0.614. The average molecular weight is 290 g/mol. The molecule has 0 unspecified atom stereocenters. The molecule has 0 aliphatic rings. The Hall–Kier alpha value is -2.18. The van der Waals surface area contributed by atoms with E-state index in [1.165, 1.54) is 4.57 Å². The lowest BCUT2D eigenvalue weighted by Gasteiger charge is -2.15. The number of hydrogen-bond acceptors (Lipinski definition) is 4. The Morgan fingerprint density at radius 2 is 1.95 bits per heavy atom. The molecule has 0 bridgehead atoms. The highest BCUT2D eigenvalue weighted by Crippen LogP contribution is 2.10. The molecule has 0 aliphatic carbocycles. The number of nitrogens with zero attached hydrogens (tertiary/aromatic N) is 1. The summed E-state index contributed by atoms with van der Waals surface area (Å²) in [5, 5.41) is 9.44. The standard InChI is InChI=1S/C15H18N2O4/c1-2-21-10-17-13(8-11-6-4-3-5-7-11)12(9-18)14(19)16-15(17)20/h3-7,18H,2,8-10H2,1H3,(H,16,19,20). The maximum Gasteiger partial charge on any atom is 0.330 e. The monoisotopic (exact) mass is 290 g/mol. The van der Waals surface area contributed by atoms with Gasteiger partial charge in [-0.1, -0.05) is 30.3 Å². The molecule has 0 saturated carbocycles. The first-order valence-corrected chi connectivity index (χ1v) is 6.74. The summed E-state index contributed by atoms with van der Waals surface area (Å²) < 4.78 is 6.63. The van der Waals surface area contributed by atoms with Crippen molar-refractivity contribution in [2.24, 2.45) is 0 Å². The number of H-pyrrole nitrogens is 1. The maximum atomic E-state index is 12.0. The molecular weight excluding hydrogens is 272 g/mol. The molecular formula is C15H18N2O4. The lowest BCUT2D eigenvalue weighted by atomic mass is 10.1. The van der Waals surface area contributed by atoms with Gasteiger partial charge in [0.25, 0.3) is 5.56 Å². The highest BCUT2D eigenvalue weighted by molar-refractivity contribution is 5.26. The summed E-state index contributed by atoms with van der Waals surface area (Å²) in [4.78, 5) is 26.0. The Morgan fingerprint density at radius 1 is 1.24 bits per heavy atom. The van der Waals surface area contributed by atoms with Crippen LogP contribution in [0.15, 0.2) is 39.9 Å². The summed E-state index contributed by atoms with van der Waals surface area (Å²) in [6.45, 7) is 1.89. The van der Waals surface area contributed by atoms with Crippen molar-refractivity contribution in [2.75, 3.05) is 6.61 Å². The van der Waals surface area contributed by atoms with Crippen LogP contribution in [0.3, 0.4) is 0 Å². The van der Waals surface area contributed by atoms with Gasteiger partial charge in [0.1, 0.15) is 6.73 Å². The zero-order valence-electron chi connectivity index (χ0n) is 11.8. The van der Waals surface area contributed by atoms with Crippen LogP contribution in [-0.2, 0) is 24.5 Å². The molecule has 6 nitrogen and oxygen atoms in total. The lowest BCUT2D eigenvalue weighted by molar-refractivity contribution is 0.0818. The second kappa shape index (κ2) is 7.01. The Morgan fingerprint density at radius 3 is 2.57 bits per heavy atom. The van der Waals surface area contributed by atoms with Crippen LogP contribution < -0.4 is 11.2 Å². The molecule has 1 aromatic carbocycles. The van der Waals surface area contributed by atoms with Crippen molar-refractivity contribution >= 4 is 0 Å². The number of hydrogen-bond donors (Lipinski definition) is 2. The number of aromatic amines is 1. The lowest BCUT2D eigenvalue weighted by Crippen LogP contribution is -2.36. The van der Waals surface area contributed by atoms with Gasteiger partial charge >= 0.3 is 5.69 Å². The van der Waals surface area contributed by atoms with Gasteiger partial charge in [-0.05, 0) is 12.5 Å². The van der Waals surface area contributed by atoms with Crippen molar-refractivity contribution < 1.29 is 9.84 Å². The minimum Gasteiger partial charge on any atom is -0.391 e. The summed E-state index contributed by atoms with van der Waals surface area (Å²) >= 11 is 0. The van der Waals surface area contributed by atoms with Gasteiger partial charge in [-0.2, -0.15) is 0 Å². The second-order valence-electron chi connectivity index (χ2n) is 4.55. The van der Waals surface area contributed by atoms with Gasteiger partial charge < -0.3 is 9.84 Å². The van der Waals surface area contributed by atoms with Gasteiger partial charge in [-0.15, -0.1) is 0 Å². The predicted molar refractivity (Wildman–Crippen MR) is 78.1 cm³/mol. The van der Waals surface area contributed by atoms with Crippen molar-refractivity contribution in [2.45, 2.75) is 26.7 Å². The molecule has 112 valence electrons. The van der Waals surface area contributed by atoms with E-state index in [1.807, 2.05) is 37.3 Å². The topological polar surface area (TPSA) is 84.3 Å². The van der Waals surface area contributed by atoms with Crippen LogP contribution in [0.2, 0.25) is 0 Å². The minimum atomic E-state index is -0.554. The fourth-order valence-corrected chi connectivity index (χ4v) is 2.13. The zero-order valence-corrected chi connectivity index (χ0v) is 11.8. The van der Waals surface area contributed by atoms with E-state index in [0.717, 1.165) is 5.56 Å². The Bertz CT molecular complexity index is 704. The van der Waals surface area contributed by atoms with Crippen LogP contribution in [0.5, 0.6) is 0 Å². The molecule has 0 amide bonds. The number of aliphatic hydroxyl groups is 1. The van der Waals surface area contributed by atoms with Gasteiger partial charge in [-0.3, -0.25) is 14.3 Å². The van der Waals surface area contributed by atoms with Crippen molar-refractivity contribution in [3.05, 3.63) is 68.0 Å². The van der Waals surface area contributed by atoms with Gasteiger partial charge in [0.05, 0.1) is 12.2 Å². The minimum absolute atomic E-state index is 0.0429. The van der Waals surface area contributed by atoms with E-state index in [0.29, 0.717) is 18.7 Å². The normalized spacial score (nSPS) is 10.8. The van der Waals surface area contributed by atoms with Gasteiger partial charge in [0.2, 0.25) is 0 Å². The Kier molecular flexibility index (Phi) is 5.08. The quantitative estimate of drug-likeness (QED) is 0.816. The Balaban J connectivity index is 2.53. The molecule has 0 fully saturated rings. The summed E-state index contributed by atoms with van der Waals surface area (Å²) in [6, 6.07) is 9.45. The largest absolute Gasteiger partial charge is 0.391 e. The molecule has 2 aromatic rings. The van der Waals surface area contributed by atoms with Crippen LogP contribution in [0, 0.1) is 0 Å². The highest BCUT2D eigenvalue weighted by Gasteiger charge is 2.14. The first kappa shape index (κ1) is 15.2. The summed E-state index contributed by atoms with van der Waals surface area (Å²) in [7, 11) is 0. The molecule has 6 heteroatoms. The summed E-state index contributed by atoms with van der Waals surface area (Å²) in [5.41, 5.74) is 0.532. The van der Waals surface area contributed by atoms with Gasteiger partial charge in [0, 0.05) is 18.7 Å². The third-order valence-corrected chi connectivity index (χ3v) is 3.21. The highest BCUT2D eigenvalue weighted by atomic mass is 16.5. The molecule has 1 aromatic heterocycles. The Labute approximate surface area is 121 Å². The number of benzene rings is 1. The smallest absolute Gasteiger partial charge is 0.330 e. The van der Waals surface area contributed by atoms with Crippen LogP contribution >= 0.6 is 0 Å². The van der Waals surface area contributed by atoms with E-state index in [2.05, 4.69) is 4.98 Å². The van der Waals surface area contributed by atoms with Crippen LogP contribution in [0.25, 0.3) is 0 Å². The SMILES string of the molecule is CCOCn1c(Cc2ccccc2)c(CO)c(=O)[nH]c1=O. The molecule has 1 heterocycles. The fraction of sp³-hybridized carbons (Fsp3) is 0.333. The first-order chi connectivity index (χ1) is 10.2. The van der Waals surface area contributed by atoms with E-state index in [1.54, 1.807) is 0 Å². The third-order valence-electron chi connectivity index (χ3n) is 3.21. The number of rotatable bonds is 6. The fourth-order valence-electron chi connectivity index (χ4n) is 2.13. The van der Waals surface area contributed by atoms with Crippen LogP contribution in [-0.4, -0.2) is 21.3 Å². The molecule has 0 saturated heterocycles. The maximum absolute atomic E-state index is 12.0. The van der Waals surface area contributed by atoms with Crippen molar-refractivity contribution in [1.82, 2.24) is 9.55 Å². The van der Waals surface area contributed by atoms with Gasteiger partial charge in [0.15, 0.2) is 0 Å². The van der Waals surface area contributed by atoms with Gasteiger partial charge in [-0.25, -0.2) is 4.79 Å². The van der Waals surface area contributed by atoms with E-state index >= 15 is 0 Å². The van der Waals surface area contributed by atoms with Crippen LogP contribution in [0.1, 0.15) is 23.7 Å². The van der Waals surface area contributed by atoms with Crippen molar-refractivity contribution in [1.29, 1.82) is 0 Å². The summed E-state index contributed by atoms with van der Waals surface area (Å²) in [6.07, 6.45) is 0.378. The molecule has 0 spiro atoms. The first-order valence-electron chi connectivity index (χ1n) is 6.74.